The van der Waals surface area contributed by atoms with Gasteiger partial charge in [0.05, 0.1) is 5.84 Å². The number of aromatic nitrogens is 2. The van der Waals surface area contributed by atoms with Crippen molar-refractivity contribution in [3.63, 3.8) is 0 Å². The van der Waals surface area contributed by atoms with Crippen molar-refractivity contribution in [2.24, 2.45) is 5.73 Å². The second-order valence-corrected chi connectivity index (χ2v) is 2.26. The van der Waals surface area contributed by atoms with Crippen LogP contribution < -0.4 is 5.73 Å². The lowest BCUT2D eigenvalue weighted by Gasteiger charge is -1.90. The summed E-state index contributed by atoms with van der Waals surface area (Å²) in [4.78, 5) is 3.95. The van der Waals surface area contributed by atoms with Crippen LogP contribution in [0.25, 0.3) is 0 Å². The maximum atomic E-state index is 6.94. The Morgan fingerprint density at radius 3 is 2.91 bits per heavy atom. The molecule has 0 bridgehead atoms. The van der Waals surface area contributed by atoms with E-state index in [-0.39, 0.29) is 5.84 Å². The fraction of sp³-hybridized carbons (Fsp3) is 0.500. The van der Waals surface area contributed by atoms with Crippen LogP contribution in [0.2, 0.25) is 0 Å². The van der Waals surface area contributed by atoms with Crippen LogP contribution in [0.3, 0.4) is 0 Å². The number of amidine groups is 1. The summed E-state index contributed by atoms with van der Waals surface area (Å²) in [7, 11) is 0. The van der Waals surface area contributed by atoms with Gasteiger partial charge in [0.2, 0.25) is 5.89 Å². The average molecular weight is 154 g/mol. The molecule has 0 aliphatic carbocycles. The van der Waals surface area contributed by atoms with Crippen LogP contribution in [0.15, 0.2) is 4.52 Å². The fourth-order valence-corrected chi connectivity index (χ4v) is 0.683. The zero-order chi connectivity index (χ0) is 8.27. The number of aryl methyl sites for hydroxylation is 2. The number of hydrogen-bond donors (Lipinski definition) is 2. The second kappa shape index (κ2) is 3.14. The minimum absolute atomic E-state index is 0.140. The molecule has 0 saturated carbocycles. The zero-order valence-corrected chi connectivity index (χ0v) is 6.29. The Bertz CT molecular complexity index is 255. The van der Waals surface area contributed by atoms with E-state index in [1.165, 1.54) is 0 Å². The molecular weight excluding hydrogens is 144 g/mol. The van der Waals surface area contributed by atoms with Crippen LogP contribution in [0, 0.1) is 12.3 Å². The highest BCUT2D eigenvalue weighted by Crippen LogP contribution is 1.98. The Balaban J connectivity index is 2.45. The Labute approximate surface area is 64.1 Å². The lowest BCUT2D eigenvalue weighted by molar-refractivity contribution is 0.376. The molecule has 0 fully saturated rings. The third-order valence-electron chi connectivity index (χ3n) is 1.18. The van der Waals surface area contributed by atoms with Gasteiger partial charge in [-0.25, -0.2) is 0 Å². The second-order valence-electron chi connectivity index (χ2n) is 2.26. The van der Waals surface area contributed by atoms with Crippen LogP contribution in [-0.2, 0) is 6.42 Å². The summed E-state index contributed by atoms with van der Waals surface area (Å²) in [5.41, 5.74) is 5.14. The maximum absolute atomic E-state index is 6.94. The monoisotopic (exact) mass is 154 g/mol. The molecule has 0 atom stereocenters. The minimum atomic E-state index is 0.140. The molecule has 1 heterocycles. The van der Waals surface area contributed by atoms with Gasteiger partial charge < -0.3 is 10.3 Å². The number of nitrogens with one attached hydrogen (secondary N) is 1. The highest BCUT2D eigenvalue weighted by molar-refractivity contribution is 5.76. The van der Waals surface area contributed by atoms with Gasteiger partial charge in [0.25, 0.3) is 0 Å². The number of nitrogens with zero attached hydrogens (tertiary/aromatic N) is 2. The molecule has 0 unspecified atom stereocenters. The molecule has 60 valence electrons. The molecule has 0 amide bonds. The largest absolute Gasteiger partial charge is 0.388 e. The molecule has 0 aliphatic heterocycles. The molecule has 5 heteroatoms. The number of nitrogens with two attached hydrogens (primary N) is 1. The Morgan fingerprint density at radius 2 is 2.45 bits per heavy atom. The van der Waals surface area contributed by atoms with Crippen molar-refractivity contribution in [3.05, 3.63) is 11.7 Å². The van der Waals surface area contributed by atoms with Crippen LogP contribution in [0.1, 0.15) is 18.1 Å². The predicted octanol–water partition coefficient (Wildman–Crippen LogP) is 0.247. The summed E-state index contributed by atoms with van der Waals surface area (Å²) in [5, 5.41) is 10.5. The van der Waals surface area contributed by atoms with E-state index < -0.39 is 0 Å². The van der Waals surface area contributed by atoms with Crippen molar-refractivity contribution in [3.8, 4) is 0 Å². The summed E-state index contributed by atoms with van der Waals surface area (Å²) in [6.07, 6.45) is 1.03. The minimum Gasteiger partial charge on any atom is -0.388 e. The smallest absolute Gasteiger partial charge is 0.227 e. The van der Waals surface area contributed by atoms with Gasteiger partial charge in [-0.3, -0.25) is 5.41 Å². The van der Waals surface area contributed by atoms with Gasteiger partial charge in [0.1, 0.15) is 0 Å². The summed E-state index contributed by atoms with van der Waals surface area (Å²) in [6.45, 7) is 1.75. The first-order chi connectivity index (χ1) is 5.18. The van der Waals surface area contributed by atoms with E-state index in [1.807, 2.05) is 0 Å². The lowest BCUT2D eigenvalue weighted by Crippen LogP contribution is -2.10. The standard InChI is InChI=1S/C6H10N4O/c1-4-9-6(11-10-4)3-2-5(7)8/h2-3H2,1H3,(H3,7,8). The van der Waals surface area contributed by atoms with Gasteiger partial charge in [0, 0.05) is 12.8 Å². The molecule has 0 saturated heterocycles. The molecule has 11 heavy (non-hydrogen) atoms. The molecule has 0 spiro atoms. The molecule has 0 radical (unpaired) electrons. The molecule has 1 rings (SSSR count). The van der Waals surface area contributed by atoms with E-state index >= 15 is 0 Å². The highest BCUT2D eigenvalue weighted by Gasteiger charge is 2.01. The predicted molar refractivity (Wildman–Crippen MR) is 39.3 cm³/mol. The van der Waals surface area contributed by atoms with Crippen LogP contribution in [0.5, 0.6) is 0 Å². The summed E-state index contributed by atoms with van der Waals surface area (Å²) in [5.74, 6) is 1.29. The van der Waals surface area contributed by atoms with E-state index in [4.69, 9.17) is 15.7 Å². The highest BCUT2D eigenvalue weighted by atomic mass is 16.5. The number of hydrogen-bond acceptors (Lipinski definition) is 4. The quantitative estimate of drug-likeness (QED) is 0.482. The first-order valence-electron chi connectivity index (χ1n) is 3.30. The first kappa shape index (κ1) is 7.71. The van der Waals surface area contributed by atoms with E-state index in [0.717, 1.165) is 0 Å². The van der Waals surface area contributed by atoms with Crippen molar-refractivity contribution in [1.29, 1.82) is 5.41 Å². The van der Waals surface area contributed by atoms with E-state index in [9.17, 15) is 0 Å². The summed E-state index contributed by atoms with van der Waals surface area (Å²) >= 11 is 0. The van der Waals surface area contributed by atoms with E-state index in [2.05, 4.69) is 10.1 Å². The third-order valence-corrected chi connectivity index (χ3v) is 1.18. The van der Waals surface area contributed by atoms with Crippen molar-refractivity contribution in [2.75, 3.05) is 0 Å². The molecule has 1 aromatic heterocycles. The Kier molecular flexibility index (Phi) is 2.20. The number of rotatable bonds is 3. The zero-order valence-electron chi connectivity index (χ0n) is 6.29. The van der Waals surface area contributed by atoms with Gasteiger partial charge in [0.15, 0.2) is 5.82 Å². The van der Waals surface area contributed by atoms with Gasteiger partial charge >= 0.3 is 0 Å². The van der Waals surface area contributed by atoms with Gasteiger partial charge in [-0.15, -0.1) is 0 Å². The van der Waals surface area contributed by atoms with Gasteiger partial charge in [-0.2, -0.15) is 4.98 Å². The third kappa shape index (κ3) is 2.37. The van der Waals surface area contributed by atoms with Crippen LogP contribution in [0.4, 0.5) is 0 Å². The molecule has 0 aromatic carbocycles. The molecular formula is C6H10N4O. The normalized spacial score (nSPS) is 9.91. The average Bonchev–Trinajstić information content (AvgIpc) is 2.31. The lowest BCUT2D eigenvalue weighted by atomic mass is 10.3. The molecule has 1 aromatic rings. The van der Waals surface area contributed by atoms with Crippen molar-refractivity contribution in [1.82, 2.24) is 10.1 Å². The molecule has 3 N–H and O–H groups in total. The van der Waals surface area contributed by atoms with Crippen molar-refractivity contribution in [2.45, 2.75) is 19.8 Å². The van der Waals surface area contributed by atoms with Crippen molar-refractivity contribution < 1.29 is 4.52 Å². The first-order valence-corrected chi connectivity index (χ1v) is 3.30. The van der Waals surface area contributed by atoms with Crippen LogP contribution in [-0.4, -0.2) is 16.0 Å². The Morgan fingerprint density at radius 1 is 1.73 bits per heavy atom. The Hall–Kier alpha value is -1.39. The molecule has 5 nitrogen and oxygen atoms in total. The topological polar surface area (TPSA) is 88.8 Å². The summed E-state index contributed by atoms with van der Waals surface area (Å²) < 4.78 is 4.80. The maximum Gasteiger partial charge on any atom is 0.227 e. The van der Waals surface area contributed by atoms with E-state index in [0.29, 0.717) is 24.6 Å². The molecule has 0 aliphatic rings. The fourth-order valence-electron chi connectivity index (χ4n) is 0.683. The van der Waals surface area contributed by atoms with Gasteiger partial charge in [-0.05, 0) is 6.92 Å². The van der Waals surface area contributed by atoms with Gasteiger partial charge in [-0.1, -0.05) is 5.16 Å². The SMILES string of the molecule is Cc1noc(CCC(=N)N)n1. The van der Waals surface area contributed by atoms with E-state index in [1.54, 1.807) is 6.92 Å². The van der Waals surface area contributed by atoms with Crippen molar-refractivity contribution >= 4 is 5.84 Å². The van der Waals surface area contributed by atoms with Crippen LogP contribution >= 0.6 is 0 Å². The summed E-state index contributed by atoms with van der Waals surface area (Å²) in [6, 6.07) is 0.